The van der Waals surface area contributed by atoms with Crippen molar-refractivity contribution in [2.24, 2.45) is 0 Å². The molecular formula is C10H17N3O6. The molecule has 108 valence electrons. The monoisotopic (exact) mass is 275 g/mol. The van der Waals surface area contributed by atoms with Gasteiger partial charge < -0.3 is 31.1 Å². The molecule has 0 radical (unpaired) electrons. The first-order valence-corrected chi connectivity index (χ1v) is 5.62. The lowest BCUT2D eigenvalue weighted by atomic mass is 10.0. The summed E-state index contributed by atoms with van der Waals surface area (Å²) < 4.78 is 0. The van der Waals surface area contributed by atoms with E-state index in [0.29, 0.717) is 0 Å². The van der Waals surface area contributed by atoms with Crippen LogP contribution in [0, 0.1) is 0 Å². The highest BCUT2D eigenvalue weighted by Gasteiger charge is 2.24. The van der Waals surface area contributed by atoms with Crippen LogP contribution in [-0.4, -0.2) is 55.3 Å². The van der Waals surface area contributed by atoms with Crippen LogP contribution in [0.5, 0.6) is 0 Å². The van der Waals surface area contributed by atoms with Gasteiger partial charge in [-0.05, 0) is 12.8 Å². The molecule has 0 fully saturated rings. The van der Waals surface area contributed by atoms with Crippen molar-refractivity contribution in [1.82, 2.24) is 9.97 Å². The summed E-state index contributed by atoms with van der Waals surface area (Å²) in [6, 6.07) is 0. The molecule has 0 aliphatic rings. The topological polar surface area (TPSA) is 173 Å². The van der Waals surface area contributed by atoms with Gasteiger partial charge in [-0.25, -0.2) is 4.79 Å². The smallest absolute Gasteiger partial charge is 0.326 e. The summed E-state index contributed by atoms with van der Waals surface area (Å²) in [6.07, 6.45) is -4.35. The molecule has 0 spiro atoms. The molecule has 0 aromatic carbocycles. The third kappa shape index (κ3) is 3.89. The number of aliphatic hydroxyl groups is 4. The maximum absolute atomic E-state index is 11.2. The van der Waals surface area contributed by atoms with Crippen LogP contribution in [0.4, 0.5) is 5.69 Å². The van der Waals surface area contributed by atoms with Crippen LogP contribution in [0.1, 0.15) is 12.1 Å². The van der Waals surface area contributed by atoms with Crippen molar-refractivity contribution >= 4 is 5.69 Å². The van der Waals surface area contributed by atoms with Gasteiger partial charge in [0.05, 0.1) is 12.7 Å². The number of anilines is 1. The van der Waals surface area contributed by atoms with Crippen molar-refractivity contribution in [3.05, 3.63) is 26.5 Å². The summed E-state index contributed by atoms with van der Waals surface area (Å²) in [5, 5.41) is 36.7. The maximum Gasteiger partial charge on any atom is 0.326 e. The molecule has 19 heavy (non-hydrogen) atoms. The molecule has 0 aliphatic carbocycles. The Balaban J connectivity index is 2.72. The first-order valence-electron chi connectivity index (χ1n) is 5.62. The Morgan fingerprint density at radius 1 is 1.11 bits per heavy atom. The Kier molecular flexibility index (Phi) is 5.24. The van der Waals surface area contributed by atoms with E-state index in [1.807, 2.05) is 4.98 Å². The third-order valence-corrected chi connectivity index (χ3v) is 2.73. The zero-order valence-electron chi connectivity index (χ0n) is 10.0. The second kappa shape index (κ2) is 6.48. The van der Waals surface area contributed by atoms with Crippen LogP contribution in [0.3, 0.4) is 0 Å². The lowest BCUT2D eigenvalue weighted by molar-refractivity contribution is -0.0780. The standard InChI is InChI=1S/C10H17N3O6/c11-7-4(12-10(19)13-9(7)18)1-2-5(15)8(17)6(16)3-14/h5-6,8,14-17H,1-3,11H2,(H2,12,13,18,19)/t5-,6+,8-/m0/s1. The van der Waals surface area contributed by atoms with Gasteiger partial charge in [0.15, 0.2) is 0 Å². The Bertz CT molecular complexity index is 525. The maximum atomic E-state index is 11.2. The number of rotatable bonds is 6. The Hall–Kier alpha value is -1.68. The number of hydrogen-bond acceptors (Lipinski definition) is 7. The predicted molar refractivity (Wildman–Crippen MR) is 65.5 cm³/mol. The van der Waals surface area contributed by atoms with E-state index < -0.39 is 36.2 Å². The number of nitrogens with one attached hydrogen (secondary N) is 2. The third-order valence-electron chi connectivity index (χ3n) is 2.73. The van der Waals surface area contributed by atoms with E-state index in [4.69, 9.17) is 15.9 Å². The predicted octanol–water partition coefficient (Wildman–Crippen LogP) is -3.35. The molecule has 3 atom stereocenters. The van der Waals surface area contributed by atoms with Gasteiger partial charge in [-0.15, -0.1) is 0 Å². The molecule has 1 aromatic rings. The van der Waals surface area contributed by atoms with Crippen molar-refractivity contribution in [3.8, 4) is 0 Å². The number of hydrogen-bond donors (Lipinski definition) is 7. The van der Waals surface area contributed by atoms with Crippen LogP contribution < -0.4 is 17.0 Å². The summed E-state index contributed by atoms with van der Waals surface area (Å²) in [6.45, 7) is -0.692. The fraction of sp³-hybridized carbons (Fsp3) is 0.600. The van der Waals surface area contributed by atoms with E-state index in [-0.39, 0.29) is 24.2 Å². The molecule has 0 unspecified atom stereocenters. The number of aryl methyl sites for hydroxylation is 1. The largest absolute Gasteiger partial charge is 0.394 e. The molecule has 0 saturated heterocycles. The molecule has 9 nitrogen and oxygen atoms in total. The summed E-state index contributed by atoms with van der Waals surface area (Å²) in [5.74, 6) is 0. The quantitative estimate of drug-likeness (QED) is 0.284. The lowest BCUT2D eigenvalue weighted by Crippen LogP contribution is -2.39. The van der Waals surface area contributed by atoms with Crippen molar-refractivity contribution in [1.29, 1.82) is 0 Å². The van der Waals surface area contributed by atoms with Gasteiger partial charge in [-0.2, -0.15) is 0 Å². The van der Waals surface area contributed by atoms with Gasteiger partial charge in [0, 0.05) is 5.69 Å². The van der Waals surface area contributed by atoms with E-state index in [2.05, 4.69) is 4.98 Å². The summed E-state index contributed by atoms with van der Waals surface area (Å²) in [5.41, 5.74) is 3.96. The average Bonchev–Trinajstić information content (AvgIpc) is 2.38. The van der Waals surface area contributed by atoms with Crippen molar-refractivity contribution in [2.75, 3.05) is 12.3 Å². The first-order chi connectivity index (χ1) is 8.86. The van der Waals surface area contributed by atoms with Crippen LogP contribution in [0.2, 0.25) is 0 Å². The Morgan fingerprint density at radius 3 is 2.32 bits per heavy atom. The zero-order chi connectivity index (χ0) is 14.6. The van der Waals surface area contributed by atoms with Crippen LogP contribution in [0.25, 0.3) is 0 Å². The first kappa shape index (κ1) is 15.4. The van der Waals surface area contributed by atoms with Crippen molar-refractivity contribution < 1.29 is 20.4 Å². The highest BCUT2D eigenvalue weighted by molar-refractivity contribution is 5.39. The number of nitrogens with two attached hydrogens (primary N) is 1. The fourth-order valence-electron chi connectivity index (χ4n) is 1.57. The molecule has 0 amide bonds. The number of H-pyrrole nitrogens is 2. The van der Waals surface area contributed by atoms with Gasteiger partial charge >= 0.3 is 5.69 Å². The Labute approximate surface area is 107 Å². The molecule has 1 rings (SSSR count). The van der Waals surface area contributed by atoms with E-state index in [1.165, 1.54) is 0 Å². The number of aromatic nitrogens is 2. The van der Waals surface area contributed by atoms with Gasteiger partial charge in [-0.1, -0.05) is 0 Å². The van der Waals surface area contributed by atoms with Crippen molar-refractivity contribution in [2.45, 2.75) is 31.2 Å². The van der Waals surface area contributed by atoms with E-state index >= 15 is 0 Å². The van der Waals surface area contributed by atoms with Crippen LogP contribution >= 0.6 is 0 Å². The van der Waals surface area contributed by atoms with Gasteiger partial charge in [0.2, 0.25) is 0 Å². The highest BCUT2D eigenvalue weighted by Crippen LogP contribution is 2.09. The minimum absolute atomic E-state index is 0.0291. The van der Waals surface area contributed by atoms with E-state index in [9.17, 15) is 19.8 Å². The normalized spacial score (nSPS) is 16.0. The lowest BCUT2D eigenvalue weighted by Gasteiger charge is -2.21. The molecule has 1 aromatic heterocycles. The Morgan fingerprint density at radius 2 is 1.74 bits per heavy atom. The SMILES string of the molecule is Nc1c(CC[C@H](O)[C@H](O)[C@H](O)CO)[nH]c(=O)[nH]c1=O. The summed E-state index contributed by atoms with van der Waals surface area (Å²) >= 11 is 0. The molecule has 9 heteroatoms. The molecule has 0 saturated carbocycles. The average molecular weight is 275 g/mol. The molecule has 0 bridgehead atoms. The highest BCUT2D eigenvalue weighted by atomic mass is 16.4. The molecule has 1 heterocycles. The minimum Gasteiger partial charge on any atom is -0.394 e. The fourth-order valence-corrected chi connectivity index (χ4v) is 1.57. The zero-order valence-corrected chi connectivity index (χ0v) is 10.0. The number of aromatic amines is 2. The number of aliphatic hydroxyl groups excluding tert-OH is 4. The van der Waals surface area contributed by atoms with E-state index in [1.54, 1.807) is 0 Å². The molecular weight excluding hydrogens is 258 g/mol. The minimum atomic E-state index is -1.53. The second-order valence-electron chi connectivity index (χ2n) is 4.15. The molecule has 8 N–H and O–H groups in total. The number of nitrogen functional groups attached to an aromatic ring is 1. The summed E-state index contributed by atoms with van der Waals surface area (Å²) in [7, 11) is 0. The van der Waals surface area contributed by atoms with Gasteiger partial charge in [0.1, 0.15) is 17.9 Å². The van der Waals surface area contributed by atoms with Crippen LogP contribution in [-0.2, 0) is 6.42 Å². The second-order valence-corrected chi connectivity index (χ2v) is 4.15. The van der Waals surface area contributed by atoms with Gasteiger partial charge in [0.25, 0.3) is 5.56 Å². The van der Waals surface area contributed by atoms with E-state index in [0.717, 1.165) is 0 Å². The van der Waals surface area contributed by atoms with Crippen LogP contribution in [0.15, 0.2) is 9.59 Å². The van der Waals surface area contributed by atoms with Gasteiger partial charge in [-0.3, -0.25) is 9.78 Å². The van der Waals surface area contributed by atoms with Crippen molar-refractivity contribution in [3.63, 3.8) is 0 Å². The summed E-state index contributed by atoms with van der Waals surface area (Å²) in [4.78, 5) is 26.5. The molecule has 0 aliphatic heterocycles.